The van der Waals surface area contributed by atoms with Crippen molar-refractivity contribution < 1.29 is 9.59 Å². The van der Waals surface area contributed by atoms with Crippen LogP contribution in [0.1, 0.15) is 13.3 Å². The van der Waals surface area contributed by atoms with Gasteiger partial charge in [-0.3, -0.25) is 19.4 Å². The number of nitrogens with zero attached hydrogens (tertiary/aromatic N) is 2. The molecule has 0 aliphatic carbocycles. The molecule has 4 heteroatoms. The van der Waals surface area contributed by atoms with Crippen LogP contribution < -0.4 is 0 Å². The van der Waals surface area contributed by atoms with E-state index in [1.54, 1.807) is 7.05 Å². The van der Waals surface area contributed by atoms with Gasteiger partial charge in [0.25, 0.3) is 0 Å². The molecule has 0 aromatic heterocycles. The van der Waals surface area contributed by atoms with Gasteiger partial charge in [0.05, 0.1) is 11.8 Å². The third kappa shape index (κ3) is 1.13. The molecule has 3 heterocycles. The van der Waals surface area contributed by atoms with E-state index in [0.29, 0.717) is 0 Å². The molecule has 0 N–H and O–H groups in total. The van der Waals surface area contributed by atoms with E-state index >= 15 is 0 Å². The quantitative estimate of drug-likeness (QED) is 0.434. The van der Waals surface area contributed by atoms with Gasteiger partial charge in [-0.2, -0.15) is 0 Å². The molecule has 0 bridgehead atoms. The molecule has 3 rings (SSSR count). The van der Waals surface area contributed by atoms with Crippen molar-refractivity contribution in [2.24, 2.45) is 11.8 Å². The van der Waals surface area contributed by atoms with E-state index in [-0.39, 0.29) is 29.7 Å². The van der Waals surface area contributed by atoms with Gasteiger partial charge in [0.15, 0.2) is 0 Å². The largest absolute Gasteiger partial charge is 0.295 e. The molecule has 0 aromatic carbocycles. The zero-order valence-corrected chi connectivity index (χ0v) is 9.64. The third-order valence-electron chi connectivity index (χ3n) is 4.17. The molecule has 3 aliphatic heterocycles. The maximum atomic E-state index is 12.0. The number of amides is 2. The van der Waals surface area contributed by atoms with Gasteiger partial charge in [-0.15, -0.1) is 0 Å². The highest BCUT2D eigenvalue weighted by Gasteiger charge is 2.55. The summed E-state index contributed by atoms with van der Waals surface area (Å²) < 4.78 is 0. The first-order chi connectivity index (χ1) is 7.59. The van der Waals surface area contributed by atoms with Crippen molar-refractivity contribution in [3.63, 3.8) is 0 Å². The Morgan fingerprint density at radius 2 is 2.06 bits per heavy atom. The van der Waals surface area contributed by atoms with E-state index in [2.05, 4.69) is 17.9 Å². The summed E-state index contributed by atoms with van der Waals surface area (Å²) in [6, 6.07) is 0.167. The summed E-state index contributed by atoms with van der Waals surface area (Å²) in [7, 11) is 1.60. The monoisotopic (exact) mass is 220 g/mol. The van der Waals surface area contributed by atoms with Crippen LogP contribution in [0.4, 0.5) is 0 Å². The fourth-order valence-corrected chi connectivity index (χ4v) is 3.23. The van der Waals surface area contributed by atoms with Crippen LogP contribution >= 0.6 is 0 Å². The van der Waals surface area contributed by atoms with Crippen molar-refractivity contribution in [1.82, 2.24) is 9.80 Å². The summed E-state index contributed by atoms with van der Waals surface area (Å²) in [5.74, 6) is -0.193. The zero-order chi connectivity index (χ0) is 11.4. The molecular formula is C12H16N2O2. The van der Waals surface area contributed by atoms with Gasteiger partial charge in [-0.05, 0) is 13.3 Å². The number of carbonyl (C=O) groups is 2. The highest BCUT2D eigenvalue weighted by atomic mass is 16.2. The topological polar surface area (TPSA) is 40.6 Å². The number of fused-ring (bicyclic) bond motifs is 3. The first-order valence-electron chi connectivity index (χ1n) is 5.82. The average Bonchev–Trinajstić information content (AvgIpc) is 2.72. The predicted molar refractivity (Wildman–Crippen MR) is 58.5 cm³/mol. The number of hydrogen-bond donors (Lipinski definition) is 0. The van der Waals surface area contributed by atoms with Gasteiger partial charge in [-0.1, -0.05) is 11.6 Å². The summed E-state index contributed by atoms with van der Waals surface area (Å²) >= 11 is 0. The van der Waals surface area contributed by atoms with Crippen molar-refractivity contribution in [2.45, 2.75) is 19.4 Å². The Morgan fingerprint density at radius 3 is 2.81 bits per heavy atom. The molecule has 0 aromatic rings. The molecular weight excluding hydrogens is 204 g/mol. The second kappa shape index (κ2) is 3.17. The van der Waals surface area contributed by atoms with E-state index < -0.39 is 0 Å². The van der Waals surface area contributed by atoms with E-state index in [9.17, 15) is 9.59 Å². The van der Waals surface area contributed by atoms with Crippen LogP contribution in [-0.4, -0.2) is 47.8 Å². The van der Waals surface area contributed by atoms with Crippen molar-refractivity contribution >= 4 is 11.8 Å². The van der Waals surface area contributed by atoms with Crippen LogP contribution in [-0.2, 0) is 9.59 Å². The Morgan fingerprint density at radius 1 is 1.31 bits per heavy atom. The summed E-state index contributed by atoms with van der Waals surface area (Å²) in [6.07, 6.45) is 3.24. The minimum absolute atomic E-state index is 0.00782. The molecule has 2 fully saturated rings. The normalized spacial score (nSPS) is 38.8. The van der Waals surface area contributed by atoms with Crippen molar-refractivity contribution in [2.75, 3.05) is 20.1 Å². The molecule has 4 nitrogen and oxygen atoms in total. The highest BCUT2D eigenvalue weighted by Crippen LogP contribution is 2.40. The lowest BCUT2D eigenvalue weighted by Gasteiger charge is -2.30. The molecule has 3 aliphatic rings. The van der Waals surface area contributed by atoms with E-state index in [1.807, 2.05) is 0 Å². The minimum Gasteiger partial charge on any atom is -0.295 e. The van der Waals surface area contributed by atoms with Crippen LogP contribution in [0.15, 0.2) is 11.6 Å². The molecule has 3 atom stereocenters. The molecule has 2 saturated heterocycles. The Kier molecular flexibility index (Phi) is 1.98. The summed E-state index contributed by atoms with van der Waals surface area (Å²) in [4.78, 5) is 27.5. The molecule has 0 saturated carbocycles. The van der Waals surface area contributed by atoms with Crippen molar-refractivity contribution in [3.8, 4) is 0 Å². The van der Waals surface area contributed by atoms with E-state index in [1.165, 1.54) is 10.5 Å². The van der Waals surface area contributed by atoms with Gasteiger partial charge >= 0.3 is 0 Å². The molecule has 86 valence electrons. The number of rotatable bonds is 0. The van der Waals surface area contributed by atoms with E-state index in [4.69, 9.17) is 0 Å². The lowest BCUT2D eigenvalue weighted by atomic mass is 9.90. The predicted octanol–water partition coefficient (Wildman–Crippen LogP) is 0.252. The molecule has 0 radical (unpaired) electrons. The lowest BCUT2D eigenvalue weighted by Crippen LogP contribution is -2.40. The van der Waals surface area contributed by atoms with Gasteiger partial charge in [0, 0.05) is 26.2 Å². The van der Waals surface area contributed by atoms with Crippen LogP contribution in [0.25, 0.3) is 0 Å². The first-order valence-corrected chi connectivity index (χ1v) is 5.82. The maximum absolute atomic E-state index is 12.0. The lowest BCUT2D eigenvalue weighted by molar-refractivity contribution is -0.139. The SMILES string of the molecule is CC1=C[C@@H]2[C@@H]3C(=O)N(C)C(=O)[C@@H]3CN2CC1. The summed E-state index contributed by atoms with van der Waals surface area (Å²) in [6.45, 7) is 3.86. The van der Waals surface area contributed by atoms with Gasteiger partial charge in [-0.25, -0.2) is 0 Å². The zero-order valence-electron chi connectivity index (χ0n) is 9.64. The van der Waals surface area contributed by atoms with Crippen molar-refractivity contribution in [3.05, 3.63) is 11.6 Å². The molecule has 16 heavy (non-hydrogen) atoms. The fourth-order valence-electron chi connectivity index (χ4n) is 3.23. The van der Waals surface area contributed by atoms with Crippen LogP contribution in [0, 0.1) is 11.8 Å². The Hall–Kier alpha value is -1.16. The number of carbonyl (C=O) groups excluding carboxylic acids is 2. The Labute approximate surface area is 94.9 Å². The number of hydrogen-bond acceptors (Lipinski definition) is 3. The van der Waals surface area contributed by atoms with E-state index in [0.717, 1.165) is 19.5 Å². The Bertz CT molecular complexity index is 402. The van der Waals surface area contributed by atoms with Crippen LogP contribution in [0.5, 0.6) is 0 Å². The van der Waals surface area contributed by atoms with Gasteiger partial charge in [0.2, 0.25) is 11.8 Å². The standard InChI is InChI=1S/C12H16N2O2/c1-7-3-4-14-6-8-10(9(14)5-7)12(16)13(2)11(8)15/h5,8-10H,3-4,6H2,1-2H3/t8-,9-,10-/m1/s1. The van der Waals surface area contributed by atoms with Gasteiger partial charge < -0.3 is 0 Å². The van der Waals surface area contributed by atoms with Crippen LogP contribution in [0.3, 0.4) is 0 Å². The summed E-state index contributed by atoms with van der Waals surface area (Å²) in [5.41, 5.74) is 1.34. The maximum Gasteiger partial charge on any atom is 0.234 e. The number of likely N-dealkylation sites (tertiary alicyclic amines) is 1. The van der Waals surface area contributed by atoms with Crippen molar-refractivity contribution in [1.29, 1.82) is 0 Å². The molecule has 2 amide bonds. The Balaban J connectivity index is 1.98. The molecule has 0 spiro atoms. The smallest absolute Gasteiger partial charge is 0.234 e. The second-order valence-corrected chi connectivity index (χ2v) is 5.12. The third-order valence-corrected chi connectivity index (χ3v) is 4.17. The van der Waals surface area contributed by atoms with Gasteiger partial charge in [0.1, 0.15) is 0 Å². The average molecular weight is 220 g/mol. The number of imide groups is 1. The minimum atomic E-state index is -0.118. The molecule has 0 unspecified atom stereocenters. The fraction of sp³-hybridized carbons (Fsp3) is 0.667. The highest BCUT2D eigenvalue weighted by molar-refractivity contribution is 6.05. The van der Waals surface area contributed by atoms with Crippen LogP contribution in [0.2, 0.25) is 0 Å². The first kappa shape index (κ1) is 10.0. The summed E-state index contributed by atoms with van der Waals surface area (Å²) in [5, 5.41) is 0. The second-order valence-electron chi connectivity index (χ2n) is 5.12.